The van der Waals surface area contributed by atoms with E-state index in [0.717, 1.165) is 12.5 Å². The van der Waals surface area contributed by atoms with Crippen molar-refractivity contribution in [1.29, 1.82) is 0 Å². The predicted octanol–water partition coefficient (Wildman–Crippen LogP) is 4.68. The van der Waals surface area contributed by atoms with Gasteiger partial charge in [0.2, 0.25) is 0 Å². The molecule has 116 valence electrons. The fourth-order valence-electron chi connectivity index (χ4n) is 4.73. The van der Waals surface area contributed by atoms with Crippen LogP contribution in [0.2, 0.25) is 0 Å². The Morgan fingerprint density at radius 2 is 1.78 bits per heavy atom. The third-order valence-electron chi connectivity index (χ3n) is 5.74. The number of aromatic amines is 1. The van der Waals surface area contributed by atoms with Crippen LogP contribution in [-0.4, -0.2) is 16.4 Å². The molecule has 0 radical (unpaired) electrons. The molecule has 2 heterocycles. The van der Waals surface area contributed by atoms with E-state index < -0.39 is 0 Å². The highest BCUT2D eigenvalue weighted by Gasteiger charge is 2.40. The molecule has 1 aliphatic carbocycles. The summed E-state index contributed by atoms with van der Waals surface area (Å²) in [6, 6.07) is 20.4. The Morgan fingerprint density at radius 1 is 0.957 bits per heavy atom. The van der Waals surface area contributed by atoms with E-state index in [1.807, 2.05) is 0 Å². The Bertz CT molecular complexity index is 833. The van der Waals surface area contributed by atoms with Crippen LogP contribution in [0, 0.1) is 5.92 Å². The van der Waals surface area contributed by atoms with Gasteiger partial charge in [0.15, 0.2) is 0 Å². The second-order valence-electron chi connectivity index (χ2n) is 7.05. The van der Waals surface area contributed by atoms with Crippen LogP contribution in [0.4, 0.5) is 0 Å². The minimum atomic E-state index is 0.593. The normalized spacial score (nSPS) is 23.8. The number of para-hydroxylation sites is 1. The first-order valence-corrected chi connectivity index (χ1v) is 8.77. The second-order valence-corrected chi connectivity index (χ2v) is 7.05. The molecule has 1 aliphatic heterocycles. The number of aryl methyl sites for hydroxylation is 1. The van der Waals surface area contributed by atoms with Gasteiger partial charge in [0.25, 0.3) is 0 Å². The molecule has 1 fully saturated rings. The molecule has 2 aromatic carbocycles. The van der Waals surface area contributed by atoms with Crippen LogP contribution in [0.25, 0.3) is 10.9 Å². The van der Waals surface area contributed by atoms with Crippen molar-refractivity contribution in [3.8, 4) is 0 Å². The minimum Gasteiger partial charge on any atom is -0.358 e. The first-order chi connectivity index (χ1) is 11.4. The van der Waals surface area contributed by atoms with E-state index in [2.05, 4.69) is 64.5 Å². The van der Waals surface area contributed by atoms with Crippen molar-refractivity contribution >= 4 is 10.9 Å². The summed E-state index contributed by atoms with van der Waals surface area (Å²) in [4.78, 5) is 6.39. The van der Waals surface area contributed by atoms with Gasteiger partial charge in [-0.1, -0.05) is 48.5 Å². The number of H-pyrrole nitrogens is 1. The first-order valence-electron chi connectivity index (χ1n) is 8.77. The molecular weight excluding hydrogens is 280 g/mol. The molecule has 1 N–H and O–H groups in total. The zero-order valence-corrected chi connectivity index (χ0v) is 13.3. The molecule has 0 unspecified atom stereocenters. The number of benzene rings is 2. The highest BCUT2D eigenvalue weighted by molar-refractivity contribution is 5.85. The molecular formula is C21H22N2. The largest absolute Gasteiger partial charge is 0.358 e. The Morgan fingerprint density at radius 3 is 2.70 bits per heavy atom. The molecule has 1 saturated heterocycles. The van der Waals surface area contributed by atoms with E-state index in [9.17, 15) is 0 Å². The fraction of sp³-hybridized carbons (Fsp3) is 0.333. The summed E-state index contributed by atoms with van der Waals surface area (Å²) < 4.78 is 0. The third kappa shape index (κ3) is 2.13. The van der Waals surface area contributed by atoms with Gasteiger partial charge in [-0.25, -0.2) is 0 Å². The van der Waals surface area contributed by atoms with Gasteiger partial charge < -0.3 is 4.98 Å². The van der Waals surface area contributed by atoms with Crippen molar-refractivity contribution in [2.75, 3.05) is 6.54 Å². The Labute approximate surface area is 137 Å². The van der Waals surface area contributed by atoms with E-state index in [1.165, 1.54) is 48.0 Å². The summed E-state index contributed by atoms with van der Waals surface area (Å²) in [5.41, 5.74) is 5.81. The Hall–Kier alpha value is -2.06. The average molecular weight is 302 g/mol. The van der Waals surface area contributed by atoms with Gasteiger partial charge in [0.1, 0.15) is 0 Å². The highest BCUT2D eigenvalue weighted by atomic mass is 15.2. The molecule has 0 amide bonds. The van der Waals surface area contributed by atoms with Crippen molar-refractivity contribution in [3.05, 3.63) is 71.4 Å². The van der Waals surface area contributed by atoms with Gasteiger partial charge in [-0.2, -0.15) is 0 Å². The van der Waals surface area contributed by atoms with Gasteiger partial charge >= 0.3 is 0 Å². The van der Waals surface area contributed by atoms with Gasteiger partial charge in [0, 0.05) is 29.2 Å². The highest BCUT2D eigenvalue weighted by Crippen LogP contribution is 2.47. The topological polar surface area (TPSA) is 19.0 Å². The lowest BCUT2D eigenvalue weighted by molar-refractivity contribution is 0.208. The quantitative estimate of drug-likeness (QED) is 0.728. The molecule has 2 heteroatoms. The number of nitrogens with zero attached hydrogens (tertiary/aromatic N) is 1. The predicted molar refractivity (Wildman–Crippen MR) is 94.3 cm³/mol. The lowest BCUT2D eigenvalue weighted by Crippen LogP contribution is -2.28. The molecule has 0 spiro atoms. The average Bonchev–Trinajstić information content (AvgIpc) is 3.16. The van der Waals surface area contributed by atoms with E-state index >= 15 is 0 Å². The molecule has 0 bridgehead atoms. The monoisotopic (exact) mass is 302 g/mol. The van der Waals surface area contributed by atoms with E-state index in [0.29, 0.717) is 6.04 Å². The number of hydrogen-bond acceptors (Lipinski definition) is 1. The molecule has 5 rings (SSSR count). The maximum atomic E-state index is 3.69. The minimum absolute atomic E-state index is 0.593. The van der Waals surface area contributed by atoms with Crippen LogP contribution in [0.3, 0.4) is 0 Å². The standard InChI is InChI=1S/C21H22N2/c1-2-6-15(7-3-1)14-23-13-12-16-10-11-19-20(21(16)23)17-8-4-5-9-18(17)22-19/h1-9,16,21-22H,10-14H2/t16-,21+/m0/s1. The third-order valence-corrected chi connectivity index (χ3v) is 5.74. The molecule has 2 nitrogen and oxygen atoms in total. The summed E-state index contributed by atoms with van der Waals surface area (Å²) in [6.45, 7) is 2.30. The number of hydrogen-bond donors (Lipinski definition) is 1. The number of nitrogens with one attached hydrogen (secondary N) is 1. The maximum absolute atomic E-state index is 3.69. The fourth-order valence-corrected chi connectivity index (χ4v) is 4.73. The maximum Gasteiger partial charge on any atom is 0.0459 e. The summed E-state index contributed by atoms with van der Waals surface area (Å²) in [6.07, 6.45) is 3.89. The molecule has 3 aromatic rings. The van der Waals surface area contributed by atoms with Crippen molar-refractivity contribution in [2.24, 2.45) is 5.92 Å². The van der Waals surface area contributed by atoms with Crippen LogP contribution in [0.5, 0.6) is 0 Å². The lowest BCUT2D eigenvalue weighted by atomic mass is 9.82. The molecule has 0 saturated carbocycles. The van der Waals surface area contributed by atoms with Crippen LogP contribution in [0.15, 0.2) is 54.6 Å². The van der Waals surface area contributed by atoms with Crippen LogP contribution in [-0.2, 0) is 13.0 Å². The summed E-state index contributed by atoms with van der Waals surface area (Å²) in [5, 5.41) is 1.44. The van der Waals surface area contributed by atoms with Crippen LogP contribution in [0.1, 0.15) is 35.7 Å². The van der Waals surface area contributed by atoms with E-state index in [1.54, 1.807) is 5.56 Å². The molecule has 23 heavy (non-hydrogen) atoms. The summed E-state index contributed by atoms with van der Waals surface area (Å²) in [5.74, 6) is 0.824. The molecule has 1 aromatic heterocycles. The van der Waals surface area contributed by atoms with E-state index in [-0.39, 0.29) is 0 Å². The SMILES string of the molecule is c1ccc(CN2CC[C@@H]3CCc4[nH]c5ccccc5c4[C@@H]32)cc1. The zero-order chi connectivity index (χ0) is 15.2. The molecule has 2 aliphatic rings. The second kappa shape index (κ2) is 5.24. The van der Waals surface area contributed by atoms with Gasteiger partial charge in [-0.3, -0.25) is 4.90 Å². The Kier molecular flexibility index (Phi) is 3.05. The van der Waals surface area contributed by atoms with Crippen LogP contribution >= 0.6 is 0 Å². The zero-order valence-electron chi connectivity index (χ0n) is 13.3. The number of rotatable bonds is 2. The summed E-state index contributed by atoms with van der Waals surface area (Å²) >= 11 is 0. The van der Waals surface area contributed by atoms with Crippen molar-refractivity contribution in [1.82, 2.24) is 9.88 Å². The van der Waals surface area contributed by atoms with Gasteiger partial charge in [0.05, 0.1) is 0 Å². The Balaban J connectivity index is 1.57. The van der Waals surface area contributed by atoms with E-state index in [4.69, 9.17) is 0 Å². The number of likely N-dealkylation sites (tertiary alicyclic amines) is 1. The van der Waals surface area contributed by atoms with Crippen LogP contribution < -0.4 is 0 Å². The molecule has 2 atom stereocenters. The smallest absolute Gasteiger partial charge is 0.0459 e. The number of aromatic nitrogens is 1. The number of fused-ring (bicyclic) bond motifs is 5. The first kappa shape index (κ1) is 13.4. The lowest BCUT2D eigenvalue weighted by Gasteiger charge is -2.32. The van der Waals surface area contributed by atoms with Crippen molar-refractivity contribution in [2.45, 2.75) is 31.8 Å². The van der Waals surface area contributed by atoms with Crippen molar-refractivity contribution < 1.29 is 0 Å². The van der Waals surface area contributed by atoms with Gasteiger partial charge in [-0.05, 0) is 48.9 Å². The van der Waals surface area contributed by atoms with Gasteiger partial charge in [-0.15, -0.1) is 0 Å². The summed E-state index contributed by atoms with van der Waals surface area (Å²) in [7, 11) is 0. The van der Waals surface area contributed by atoms with Crippen molar-refractivity contribution in [3.63, 3.8) is 0 Å².